The van der Waals surface area contributed by atoms with Gasteiger partial charge < -0.3 is 9.42 Å². The second kappa shape index (κ2) is 4.40. The molecule has 0 bridgehead atoms. The minimum Gasteiger partial charge on any atom is -0.338 e. The summed E-state index contributed by atoms with van der Waals surface area (Å²) in [7, 11) is 3.84. The average molecular weight is 221 g/mol. The maximum atomic E-state index is 12.7. The van der Waals surface area contributed by atoms with Gasteiger partial charge in [0.15, 0.2) is 0 Å². The predicted octanol–water partition coefficient (Wildman–Crippen LogP) is 1.94. The molecule has 0 N–H and O–H groups in total. The smallest absolute Gasteiger partial charge is 0.241 e. The molecule has 0 spiro atoms. The Bertz CT molecular complexity index is 464. The average Bonchev–Trinajstić information content (AvgIpc) is 2.66. The van der Waals surface area contributed by atoms with Crippen molar-refractivity contribution in [2.24, 2.45) is 0 Å². The van der Waals surface area contributed by atoms with Crippen LogP contribution in [0.3, 0.4) is 0 Å². The summed E-state index contributed by atoms with van der Waals surface area (Å²) in [6.45, 7) is 0.591. The van der Waals surface area contributed by atoms with Crippen molar-refractivity contribution >= 4 is 0 Å². The summed E-state index contributed by atoms with van der Waals surface area (Å²) in [6.07, 6.45) is 0. The van der Waals surface area contributed by atoms with Crippen molar-refractivity contribution in [1.29, 1.82) is 0 Å². The van der Waals surface area contributed by atoms with Crippen LogP contribution in [0.15, 0.2) is 28.8 Å². The normalized spacial score (nSPS) is 11.0. The molecular formula is C11H12FN3O. The van der Waals surface area contributed by atoms with Crippen LogP contribution in [0.1, 0.15) is 5.89 Å². The molecule has 16 heavy (non-hydrogen) atoms. The van der Waals surface area contributed by atoms with Crippen LogP contribution in [0.5, 0.6) is 0 Å². The van der Waals surface area contributed by atoms with Crippen LogP contribution < -0.4 is 0 Å². The fourth-order valence-corrected chi connectivity index (χ4v) is 1.31. The van der Waals surface area contributed by atoms with E-state index >= 15 is 0 Å². The van der Waals surface area contributed by atoms with Crippen molar-refractivity contribution in [2.75, 3.05) is 14.1 Å². The maximum absolute atomic E-state index is 12.7. The first-order valence-electron chi connectivity index (χ1n) is 4.88. The van der Waals surface area contributed by atoms with E-state index in [9.17, 15) is 4.39 Å². The molecule has 1 heterocycles. The maximum Gasteiger partial charge on any atom is 0.241 e. The Kier molecular flexibility index (Phi) is 2.96. The molecule has 0 saturated carbocycles. The van der Waals surface area contributed by atoms with Crippen molar-refractivity contribution in [3.8, 4) is 11.4 Å². The van der Waals surface area contributed by atoms with Crippen LogP contribution in [-0.2, 0) is 6.54 Å². The van der Waals surface area contributed by atoms with E-state index in [0.717, 1.165) is 5.56 Å². The Labute approximate surface area is 92.7 Å². The molecule has 0 aliphatic heterocycles. The summed E-state index contributed by atoms with van der Waals surface area (Å²) >= 11 is 0. The van der Waals surface area contributed by atoms with Gasteiger partial charge in [0.25, 0.3) is 0 Å². The molecular weight excluding hydrogens is 209 g/mol. The van der Waals surface area contributed by atoms with Gasteiger partial charge in [-0.25, -0.2) is 4.39 Å². The number of benzene rings is 1. The third kappa shape index (κ3) is 2.43. The zero-order valence-corrected chi connectivity index (χ0v) is 9.14. The monoisotopic (exact) mass is 221 g/mol. The summed E-state index contributed by atoms with van der Waals surface area (Å²) < 4.78 is 17.8. The molecule has 0 radical (unpaired) electrons. The zero-order valence-electron chi connectivity index (χ0n) is 9.14. The van der Waals surface area contributed by atoms with E-state index in [1.54, 1.807) is 12.1 Å². The molecule has 0 amide bonds. The van der Waals surface area contributed by atoms with Gasteiger partial charge in [0, 0.05) is 5.56 Å². The summed E-state index contributed by atoms with van der Waals surface area (Å²) in [5.74, 6) is 0.752. The van der Waals surface area contributed by atoms with Crippen molar-refractivity contribution in [1.82, 2.24) is 15.0 Å². The standard InChI is InChI=1S/C11H12FN3O/c1-15(2)7-10-13-11(14-16-10)8-3-5-9(12)6-4-8/h3-6H,7H2,1-2H3. The number of hydrogen-bond donors (Lipinski definition) is 0. The van der Waals surface area contributed by atoms with E-state index in [2.05, 4.69) is 10.1 Å². The van der Waals surface area contributed by atoms with Gasteiger partial charge in [0.05, 0.1) is 6.54 Å². The number of rotatable bonds is 3. The Morgan fingerprint density at radius 2 is 1.94 bits per heavy atom. The summed E-state index contributed by atoms with van der Waals surface area (Å²) in [5.41, 5.74) is 0.746. The molecule has 0 aliphatic rings. The lowest BCUT2D eigenvalue weighted by atomic mass is 10.2. The molecule has 0 atom stereocenters. The minimum atomic E-state index is -0.277. The van der Waals surface area contributed by atoms with Gasteiger partial charge in [-0.2, -0.15) is 4.98 Å². The highest BCUT2D eigenvalue weighted by atomic mass is 19.1. The summed E-state index contributed by atoms with van der Waals surface area (Å²) in [6, 6.07) is 5.99. The van der Waals surface area contributed by atoms with Gasteiger partial charge >= 0.3 is 0 Å². The van der Waals surface area contributed by atoms with Crippen LogP contribution in [0, 0.1) is 5.82 Å². The van der Waals surface area contributed by atoms with Gasteiger partial charge in [-0.15, -0.1) is 0 Å². The summed E-state index contributed by atoms with van der Waals surface area (Å²) in [4.78, 5) is 6.14. The predicted molar refractivity (Wildman–Crippen MR) is 57.1 cm³/mol. The van der Waals surface area contributed by atoms with Crippen molar-refractivity contribution in [3.63, 3.8) is 0 Å². The van der Waals surface area contributed by atoms with Gasteiger partial charge in [-0.1, -0.05) is 5.16 Å². The second-order valence-electron chi connectivity index (χ2n) is 3.76. The molecule has 2 rings (SSSR count). The fourth-order valence-electron chi connectivity index (χ4n) is 1.31. The number of aromatic nitrogens is 2. The molecule has 4 nitrogen and oxygen atoms in total. The van der Waals surface area contributed by atoms with E-state index in [1.165, 1.54) is 12.1 Å². The molecule has 1 aromatic heterocycles. The SMILES string of the molecule is CN(C)Cc1nc(-c2ccc(F)cc2)no1. The van der Waals surface area contributed by atoms with Gasteiger partial charge in [0.2, 0.25) is 11.7 Å². The fraction of sp³-hybridized carbons (Fsp3) is 0.273. The van der Waals surface area contributed by atoms with Crippen LogP contribution in [0.4, 0.5) is 4.39 Å². The quantitative estimate of drug-likeness (QED) is 0.794. The van der Waals surface area contributed by atoms with Crippen molar-refractivity contribution < 1.29 is 8.91 Å². The number of hydrogen-bond acceptors (Lipinski definition) is 4. The highest BCUT2D eigenvalue weighted by molar-refractivity contribution is 5.53. The number of halogens is 1. The topological polar surface area (TPSA) is 42.2 Å². The molecule has 0 fully saturated rings. The van der Waals surface area contributed by atoms with Crippen LogP contribution in [0.25, 0.3) is 11.4 Å². The molecule has 1 aromatic carbocycles. The first-order chi connectivity index (χ1) is 7.65. The van der Waals surface area contributed by atoms with Gasteiger partial charge in [-0.3, -0.25) is 0 Å². The van der Waals surface area contributed by atoms with Crippen LogP contribution in [0.2, 0.25) is 0 Å². The lowest BCUT2D eigenvalue weighted by Crippen LogP contribution is -2.10. The Balaban J connectivity index is 2.21. The van der Waals surface area contributed by atoms with E-state index < -0.39 is 0 Å². The Morgan fingerprint density at radius 3 is 2.56 bits per heavy atom. The van der Waals surface area contributed by atoms with E-state index in [-0.39, 0.29) is 5.82 Å². The highest BCUT2D eigenvalue weighted by Gasteiger charge is 2.08. The van der Waals surface area contributed by atoms with Crippen molar-refractivity contribution in [3.05, 3.63) is 36.0 Å². The second-order valence-corrected chi connectivity index (χ2v) is 3.76. The first kappa shape index (κ1) is 10.8. The minimum absolute atomic E-state index is 0.277. The van der Waals surface area contributed by atoms with Crippen LogP contribution >= 0.6 is 0 Å². The van der Waals surface area contributed by atoms with E-state index in [0.29, 0.717) is 18.3 Å². The molecule has 0 aliphatic carbocycles. The van der Waals surface area contributed by atoms with E-state index in [4.69, 9.17) is 4.52 Å². The lowest BCUT2D eigenvalue weighted by Gasteiger charge is -2.02. The van der Waals surface area contributed by atoms with Gasteiger partial charge in [0.1, 0.15) is 5.82 Å². The van der Waals surface area contributed by atoms with Gasteiger partial charge in [-0.05, 0) is 38.4 Å². The third-order valence-corrected chi connectivity index (χ3v) is 2.02. The molecule has 2 aromatic rings. The molecule has 5 heteroatoms. The largest absolute Gasteiger partial charge is 0.338 e. The first-order valence-corrected chi connectivity index (χ1v) is 4.88. The zero-order chi connectivity index (χ0) is 11.5. The number of nitrogens with zero attached hydrogens (tertiary/aromatic N) is 3. The van der Waals surface area contributed by atoms with E-state index in [1.807, 2.05) is 19.0 Å². The Morgan fingerprint density at radius 1 is 1.25 bits per heavy atom. The molecule has 0 saturated heterocycles. The third-order valence-electron chi connectivity index (χ3n) is 2.02. The Hall–Kier alpha value is -1.75. The van der Waals surface area contributed by atoms with Crippen molar-refractivity contribution in [2.45, 2.75) is 6.54 Å². The molecule has 84 valence electrons. The summed E-state index contributed by atoms with van der Waals surface area (Å²) in [5, 5.41) is 3.83. The van der Waals surface area contributed by atoms with Crippen LogP contribution in [-0.4, -0.2) is 29.1 Å². The lowest BCUT2D eigenvalue weighted by molar-refractivity contribution is 0.303. The highest BCUT2D eigenvalue weighted by Crippen LogP contribution is 2.16. The molecule has 0 unspecified atom stereocenters.